The highest BCUT2D eigenvalue weighted by Gasteiger charge is 2.01. The Morgan fingerprint density at radius 2 is 2.00 bits per heavy atom. The van der Waals surface area contributed by atoms with Gasteiger partial charge in [0.15, 0.2) is 0 Å². The van der Waals surface area contributed by atoms with Gasteiger partial charge < -0.3 is 4.74 Å². The lowest BCUT2D eigenvalue weighted by Crippen LogP contribution is -2.06. The Labute approximate surface area is 77.8 Å². The summed E-state index contributed by atoms with van der Waals surface area (Å²) in [5.74, 6) is -0.425. The van der Waals surface area contributed by atoms with Gasteiger partial charge in [0, 0.05) is 5.57 Å². The number of rotatable bonds is 6. The van der Waals surface area contributed by atoms with Crippen LogP contribution in [-0.4, -0.2) is 18.7 Å². The SMILES string of the molecule is C=C(C)C(=O)OCCCCP(=O)=O. The minimum atomic E-state index is -2.30. The number of unbranched alkanes of at least 4 members (excludes halogenated alkanes) is 1. The van der Waals surface area contributed by atoms with Crippen LogP contribution in [0.25, 0.3) is 0 Å². The van der Waals surface area contributed by atoms with Crippen molar-refractivity contribution in [3.63, 3.8) is 0 Å². The summed E-state index contributed by atoms with van der Waals surface area (Å²) in [5.41, 5.74) is 0.356. The van der Waals surface area contributed by atoms with Crippen LogP contribution in [-0.2, 0) is 18.7 Å². The monoisotopic (exact) mass is 204 g/mol. The van der Waals surface area contributed by atoms with Gasteiger partial charge in [-0.2, -0.15) is 0 Å². The van der Waals surface area contributed by atoms with Crippen molar-refractivity contribution in [2.45, 2.75) is 19.8 Å². The second-order valence-electron chi connectivity index (χ2n) is 2.68. The highest BCUT2D eigenvalue weighted by Crippen LogP contribution is 2.06. The Morgan fingerprint density at radius 1 is 1.38 bits per heavy atom. The number of ether oxygens (including phenoxy) is 1. The molecule has 0 aliphatic heterocycles. The minimum absolute atomic E-state index is 0.153. The predicted octanol–water partition coefficient (Wildman–Crippen LogP) is 2.06. The topological polar surface area (TPSA) is 60.4 Å². The molecule has 0 rings (SSSR count). The molecule has 0 unspecified atom stereocenters. The molecule has 4 nitrogen and oxygen atoms in total. The van der Waals surface area contributed by atoms with Crippen molar-refractivity contribution in [2.75, 3.05) is 12.8 Å². The molecule has 13 heavy (non-hydrogen) atoms. The van der Waals surface area contributed by atoms with E-state index in [0.717, 1.165) is 0 Å². The summed E-state index contributed by atoms with van der Waals surface area (Å²) in [6.45, 7) is 5.24. The maximum absolute atomic E-state index is 10.8. The third-order valence-electron chi connectivity index (χ3n) is 1.32. The summed E-state index contributed by atoms with van der Waals surface area (Å²) in [7, 11) is -2.30. The Bertz CT molecular complexity index is 247. The van der Waals surface area contributed by atoms with E-state index in [1.165, 1.54) is 0 Å². The van der Waals surface area contributed by atoms with Gasteiger partial charge in [-0.05, 0) is 19.8 Å². The first-order valence-corrected chi connectivity index (χ1v) is 5.34. The van der Waals surface area contributed by atoms with Crippen molar-refractivity contribution in [1.29, 1.82) is 0 Å². The van der Waals surface area contributed by atoms with Crippen LogP contribution >= 0.6 is 7.68 Å². The average Bonchev–Trinajstić information content (AvgIpc) is 2.02. The molecule has 0 atom stereocenters. The molecular weight excluding hydrogens is 191 g/mol. The van der Waals surface area contributed by atoms with Gasteiger partial charge in [0.25, 0.3) is 0 Å². The smallest absolute Gasteiger partial charge is 0.333 e. The Morgan fingerprint density at radius 3 is 2.46 bits per heavy atom. The molecular formula is C8H13O4P. The molecule has 0 aliphatic carbocycles. The van der Waals surface area contributed by atoms with Crippen LogP contribution in [0.4, 0.5) is 0 Å². The largest absolute Gasteiger partial charge is 0.462 e. The molecule has 0 N–H and O–H groups in total. The molecule has 0 bridgehead atoms. The fraction of sp³-hybridized carbons (Fsp3) is 0.625. The number of hydrogen-bond donors (Lipinski definition) is 0. The molecule has 5 heteroatoms. The van der Waals surface area contributed by atoms with E-state index in [2.05, 4.69) is 6.58 Å². The van der Waals surface area contributed by atoms with Crippen molar-refractivity contribution in [1.82, 2.24) is 0 Å². The molecule has 0 heterocycles. The number of carbonyl (C=O) groups excluding carboxylic acids is 1. The number of carbonyl (C=O) groups is 1. The number of hydrogen-bond acceptors (Lipinski definition) is 4. The van der Waals surface area contributed by atoms with Gasteiger partial charge in [-0.25, -0.2) is 13.9 Å². The zero-order valence-corrected chi connectivity index (χ0v) is 8.51. The fourth-order valence-electron chi connectivity index (χ4n) is 0.631. The zero-order valence-electron chi connectivity index (χ0n) is 7.62. The highest BCUT2D eigenvalue weighted by molar-refractivity contribution is 7.30. The van der Waals surface area contributed by atoms with Gasteiger partial charge in [0.05, 0.1) is 12.8 Å². The van der Waals surface area contributed by atoms with Crippen molar-refractivity contribution < 1.29 is 18.7 Å². The Balaban J connectivity index is 3.36. The van der Waals surface area contributed by atoms with Gasteiger partial charge in [-0.3, -0.25) is 0 Å². The van der Waals surface area contributed by atoms with Crippen LogP contribution < -0.4 is 0 Å². The Hall–Kier alpha value is -0.890. The molecule has 0 spiro atoms. The summed E-state index contributed by atoms with van der Waals surface area (Å²) in [4.78, 5) is 10.8. The van der Waals surface area contributed by atoms with E-state index in [1.54, 1.807) is 6.92 Å². The maximum Gasteiger partial charge on any atom is 0.333 e. The van der Waals surface area contributed by atoms with Gasteiger partial charge >= 0.3 is 13.6 Å². The average molecular weight is 204 g/mol. The lowest BCUT2D eigenvalue weighted by atomic mass is 10.3. The van der Waals surface area contributed by atoms with Gasteiger partial charge in [0.2, 0.25) is 0 Å². The first-order valence-electron chi connectivity index (χ1n) is 3.98. The van der Waals surface area contributed by atoms with Gasteiger partial charge in [-0.1, -0.05) is 6.58 Å². The van der Waals surface area contributed by atoms with Crippen LogP contribution in [0.3, 0.4) is 0 Å². The standard InChI is InChI=1S/C8H13O4P/c1-7(2)8(9)12-5-3-4-6-13(10)11/h1,3-6H2,2H3. The Kier molecular flexibility index (Phi) is 6.15. The lowest BCUT2D eigenvalue weighted by Gasteiger charge is -2.01. The highest BCUT2D eigenvalue weighted by atomic mass is 31.1. The van der Waals surface area contributed by atoms with Crippen LogP contribution in [0.15, 0.2) is 12.2 Å². The first-order chi connectivity index (χ1) is 6.04. The van der Waals surface area contributed by atoms with E-state index in [0.29, 0.717) is 18.4 Å². The van der Waals surface area contributed by atoms with Gasteiger partial charge in [0.1, 0.15) is 0 Å². The minimum Gasteiger partial charge on any atom is -0.462 e. The van der Waals surface area contributed by atoms with Crippen molar-refractivity contribution in [3.8, 4) is 0 Å². The molecule has 74 valence electrons. The molecule has 0 radical (unpaired) electrons. The van der Waals surface area contributed by atoms with Crippen molar-refractivity contribution >= 4 is 13.6 Å². The van der Waals surface area contributed by atoms with Crippen LogP contribution in [0.2, 0.25) is 0 Å². The molecule has 0 aliphatic rings. The third-order valence-corrected chi connectivity index (χ3v) is 2.00. The maximum atomic E-state index is 10.8. The molecule has 0 fully saturated rings. The summed E-state index contributed by atoms with van der Waals surface area (Å²) in [6.07, 6.45) is 1.25. The lowest BCUT2D eigenvalue weighted by molar-refractivity contribution is -0.139. The second-order valence-corrected chi connectivity index (χ2v) is 3.79. The van der Waals surface area contributed by atoms with Crippen LogP contribution in [0.5, 0.6) is 0 Å². The summed E-state index contributed by atoms with van der Waals surface area (Å²) in [6, 6.07) is 0. The zero-order chi connectivity index (χ0) is 10.3. The molecule has 0 aromatic heterocycles. The van der Waals surface area contributed by atoms with E-state index >= 15 is 0 Å². The molecule has 0 aromatic carbocycles. The fourth-order valence-corrected chi connectivity index (χ4v) is 1.11. The van der Waals surface area contributed by atoms with Crippen molar-refractivity contribution in [3.05, 3.63) is 12.2 Å². The summed E-state index contributed by atoms with van der Waals surface area (Å²) >= 11 is 0. The molecule has 0 aromatic rings. The van der Waals surface area contributed by atoms with Gasteiger partial charge in [-0.15, -0.1) is 0 Å². The second kappa shape index (κ2) is 6.61. The van der Waals surface area contributed by atoms with E-state index in [4.69, 9.17) is 4.74 Å². The molecule has 0 saturated carbocycles. The van der Waals surface area contributed by atoms with Crippen LogP contribution in [0.1, 0.15) is 19.8 Å². The van der Waals surface area contributed by atoms with Crippen molar-refractivity contribution in [2.24, 2.45) is 0 Å². The summed E-state index contributed by atoms with van der Waals surface area (Å²) in [5, 5.41) is 0. The normalized spacial score (nSPS) is 9.31. The molecule has 0 amide bonds. The predicted molar refractivity (Wildman–Crippen MR) is 48.2 cm³/mol. The summed E-state index contributed by atoms with van der Waals surface area (Å²) < 4.78 is 25.0. The number of esters is 1. The molecule has 0 saturated heterocycles. The van der Waals surface area contributed by atoms with E-state index in [9.17, 15) is 13.9 Å². The van der Waals surface area contributed by atoms with E-state index in [-0.39, 0.29) is 12.8 Å². The van der Waals surface area contributed by atoms with Crippen LogP contribution in [0, 0.1) is 0 Å². The van der Waals surface area contributed by atoms with E-state index < -0.39 is 13.6 Å². The third kappa shape index (κ3) is 7.47. The first kappa shape index (κ1) is 12.1. The quantitative estimate of drug-likeness (QED) is 0.287. The van der Waals surface area contributed by atoms with E-state index in [1.807, 2.05) is 0 Å².